The zero-order valence-corrected chi connectivity index (χ0v) is 19.4. The van der Waals surface area contributed by atoms with Crippen LogP contribution in [0.25, 0.3) is 10.2 Å². The summed E-state index contributed by atoms with van der Waals surface area (Å²) in [6, 6.07) is 8.11. The quantitative estimate of drug-likeness (QED) is 0.494. The van der Waals surface area contributed by atoms with Gasteiger partial charge < -0.3 is 19.4 Å². The lowest BCUT2D eigenvalue weighted by Gasteiger charge is -2.31. The Hall–Kier alpha value is -2.66. The van der Waals surface area contributed by atoms with Crippen molar-refractivity contribution in [3.63, 3.8) is 0 Å². The van der Waals surface area contributed by atoms with Gasteiger partial charge in [-0.25, -0.2) is 9.78 Å². The maximum absolute atomic E-state index is 12.3. The SMILES string of the molecule is CCOC(=O)N1CCC(NC(=O)CSc2nnc(CCc3nc4ccccc4s3)o2)CC1. The zero-order valence-electron chi connectivity index (χ0n) is 17.8. The molecule has 0 saturated carbocycles. The molecular weight excluding hydrogens is 450 g/mol. The second-order valence-electron chi connectivity index (χ2n) is 7.35. The van der Waals surface area contributed by atoms with Crippen molar-refractivity contribution in [2.24, 2.45) is 0 Å². The van der Waals surface area contributed by atoms with Crippen LogP contribution in [0.1, 0.15) is 30.7 Å². The summed E-state index contributed by atoms with van der Waals surface area (Å²) in [7, 11) is 0. The van der Waals surface area contributed by atoms with Gasteiger partial charge in [-0.1, -0.05) is 23.9 Å². The number of ether oxygens (including phenoxy) is 1. The molecule has 0 radical (unpaired) electrons. The van der Waals surface area contributed by atoms with E-state index in [2.05, 4.69) is 26.6 Å². The van der Waals surface area contributed by atoms with E-state index >= 15 is 0 Å². The Morgan fingerprint density at radius 2 is 2.06 bits per heavy atom. The molecular formula is C21H25N5O4S2. The van der Waals surface area contributed by atoms with Crippen molar-refractivity contribution in [3.8, 4) is 0 Å². The molecule has 1 aliphatic heterocycles. The smallest absolute Gasteiger partial charge is 0.409 e. The van der Waals surface area contributed by atoms with Crippen LogP contribution in [-0.2, 0) is 22.4 Å². The van der Waals surface area contributed by atoms with Crippen LogP contribution in [0.3, 0.4) is 0 Å². The molecule has 2 amide bonds. The number of para-hydroxylation sites is 1. The predicted molar refractivity (Wildman–Crippen MR) is 122 cm³/mol. The lowest BCUT2D eigenvalue weighted by Crippen LogP contribution is -2.47. The number of benzene rings is 1. The van der Waals surface area contributed by atoms with Crippen molar-refractivity contribution in [3.05, 3.63) is 35.2 Å². The molecule has 2 aromatic heterocycles. The van der Waals surface area contributed by atoms with Crippen LogP contribution in [0.4, 0.5) is 4.79 Å². The van der Waals surface area contributed by atoms with E-state index in [1.165, 1.54) is 16.5 Å². The molecule has 170 valence electrons. The van der Waals surface area contributed by atoms with Gasteiger partial charge in [0.2, 0.25) is 11.8 Å². The van der Waals surface area contributed by atoms with Crippen LogP contribution in [0.2, 0.25) is 0 Å². The monoisotopic (exact) mass is 475 g/mol. The van der Waals surface area contributed by atoms with E-state index in [0.29, 0.717) is 50.1 Å². The van der Waals surface area contributed by atoms with Crippen LogP contribution >= 0.6 is 23.1 Å². The number of aryl methyl sites for hydroxylation is 2. The highest BCUT2D eigenvalue weighted by molar-refractivity contribution is 7.99. The van der Waals surface area contributed by atoms with Crippen molar-refractivity contribution >= 4 is 45.3 Å². The first-order valence-corrected chi connectivity index (χ1v) is 12.4. The van der Waals surface area contributed by atoms with Crippen molar-refractivity contribution in [2.75, 3.05) is 25.4 Å². The summed E-state index contributed by atoms with van der Waals surface area (Å²) in [5.74, 6) is 0.662. The number of piperidine rings is 1. The van der Waals surface area contributed by atoms with E-state index in [1.54, 1.807) is 23.2 Å². The number of carbonyl (C=O) groups excluding carboxylic acids is 2. The first-order chi connectivity index (χ1) is 15.6. The standard InChI is InChI=1S/C21H25N5O4S2/c1-2-29-21(28)26-11-9-14(10-12-26)22-17(27)13-31-20-25-24-18(30-20)7-8-19-23-15-5-3-4-6-16(15)32-19/h3-6,14H,2,7-13H2,1H3,(H,22,27). The third-order valence-electron chi connectivity index (χ3n) is 5.05. The molecule has 32 heavy (non-hydrogen) atoms. The molecule has 1 fully saturated rings. The van der Waals surface area contributed by atoms with Crippen LogP contribution < -0.4 is 5.32 Å². The summed E-state index contributed by atoms with van der Waals surface area (Å²) in [6.07, 6.45) is 2.48. The normalized spacial score (nSPS) is 14.6. The maximum atomic E-state index is 12.3. The van der Waals surface area contributed by atoms with Gasteiger partial charge in [0.15, 0.2) is 0 Å². The minimum atomic E-state index is -0.289. The number of amides is 2. The van der Waals surface area contributed by atoms with Crippen molar-refractivity contribution < 1.29 is 18.7 Å². The molecule has 0 bridgehead atoms. The second kappa shape index (κ2) is 10.8. The highest BCUT2D eigenvalue weighted by Gasteiger charge is 2.24. The number of carbonyl (C=O) groups is 2. The first-order valence-electron chi connectivity index (χ1n) is 10.6. The number of likely N-dealkylation sites (tertiary alicyclic amines) is 1. The van der Waals surface area contributed by atoms with Crippen LogP contribution in [0, 0.1) is 0 Å². The van der Waals surface area contributed by atoms with Gasteiger partial charge in [-0.15, -0.1) is 21.5 Å². The fraction of sp³-hybridized carbons (Fsp3) is 0.476. The summed E-state index contributed by atoms with van der Waals surface area (Å²) in [4.78, 5) is 30.3. The van der Waals surface area contributed by atoms with Crippen molar-refractivity contribution in [1.29, 1.82) is 0 Å². The molecule has 1 saturated heterocycles. The minimum Gasteiger partial charge on any atom is -0.450 e. The van der Waals surface area contributed by atoms with E-state index in [4.69, 9.17) is 9.15 Å². The van der Waals surface area contributed by atoms with Crippen LogP contribution in [0.15, 0.2) is 33.9 Å². The van der Waals surface area contributed by atoms with Gasteiger partial charge in [0, 0.05) is 32.0 Å². The molecule has 1 aromatic carbocycles. The zero-order chi connectivity index (χ0) is 22.3. The molecule has 0 unspecified atom stereocenters. The summed E-state index contributed by atoms with van der Waals surface area (Å²) < 4.78 is 11.8. The Balaban J connectivity index is 1.17. The molecule has 1 N–H and O–H groups in total. The molecule has 0 spiro atoms. The Kier molecular flexibility index (Phi) is 7.59. The largest absolute Gasteiger partial charge is 0.450 e. The lowest BCUT2D eigenvalue weighted by molar-refractivity contribution is -0.119. The minimum absolute atomic E-state index is 0.0563. The average Bonchev–Trinajstić information content (AvgIpc) is 3.43. The number of hydrogen-bond donors (Lipinski definition) is 1. The van der Waals surface area contributed by atoms with Gasteiger partial charge >= 0.3 is 6.09 Å². The predicted octanol–water partition coefficient (Wildman–Crippen LogP) is 3.29. The number of hydrogen-bond acceptors (Lipinski definition) is 9. The third-order valence-corrected chi connectivity index (χ3v) is 6.97. The molecule has 3 heterocycles. The van der Waals surface area contributed by atoms with E-state index in [9.17, 15) is 9.59 Å². The molecule has 0 atom stereocenters. The number of nitrogens with one attached hydrogen (secondary N) is 1. The Morgan fingerprint density at radius 1 is 1.25 bits per heavy atom. The maximum Gasteiger partial charge on any atom is 0.409 e. The van der Waals surface area contributed by atoms with Crippen molar-refractivity contribution in [2.45, 2.75) is 43.9 Å². The third kappa shape index (κ3) is 5.98. The van der Waals surface area contributed by atoms with E-state index in [-0.39, 0.29) is 23.8 Å². The van der Waals surface area contributed by atoms with E-state index < -0.39 is 0 Å². The summed E-state index contributed by atoms with van der Waals surface area (Å²) in [5, 5.41) is 12.5. The molecule has 3 aromatic rings. The number of aromatic nitrogens is 3. The second-order valence-corrected chi connectivity index (χ2v) is 9.40. The highest BCUT2D eigenvalue weighted by Crippen LogP contribution is 2.23. The topological polar surface area (TPSA) is 110 Å². The van der Waals surface area contributed by atoms with Crippen molar-refractivity contribution in [1.82, 2.24) is 25.4 Å². The summed E-state index contributed by atoms with van der Waals surface area (Å²) >= 11 is 2.90. The molecule has 11 heteroatoms. The highest BCUT2D eigenvalue weighted by atomic mass is 32.2. The number of fused-ring (bicyclic) bond motifs is 1. The van der Waals surface area contributed by atoms with E-state index in [0.717, 1.165) is 16.9 Å². The summed E-state index contributed by atoms with van der Waals surface area (Å²) in [5.41, 5.74) is 1.01. The molecule has 1 aliphatic rings. The van der Waals surface area contributed by atoms with Gasteiger partial charge in [0.1, 0.15) is 0 Å². The van der Waals surface area contributed by atoms with Crippen LogP contribution in [-0.4, -0.2) is 63.6 Å². The lowest BCUT2D eigenvalue weighted by atomic mass is 10.1. The first kappa shape index (κ1) is 22.5. The van der Waals surface area contributed by atoms with Gasteiger partial charge in [-0.3, -0.25) is 4.79 Å². The molecule has 4 rings (SSSR count). The average molecular weight is 476 g/mol. The van der Waals surface area contributed by atoms with Gasteiger partial charge in [0.25, 0.3) is 5.22 Å². The van der Waals surface area contributed by atoms with Crippen LogP contribution in [0.5, 0.6) is 0 Å². The summed E-state index contributed by atoms with van der Waals surface area (Å²) in [6.45, 7) is 3.32. The molecule has 0 aliphatic carbocycles. The van der Waals surface area contributed by atoms with Gasteiger partial charge in [-0.05, 0) is 31.9 Å². The van der Waals surface area contributed by atoms with E-state index in [1.807, 2.05) is 18.2 Å². The number of nitrogens with zero attached hydrogens (tertiary/aromatic N) is 4. The number of rotatable bonds is 8. The number of thiazole rings is 1. The Labute approximate surface area is 193 Å². The van der Waals surface area contributed by atoms with Gasteiger partial charge in [-0.2, -0.15) is 0 Å². The Morgan fingerprint density at radius 3 is 2.84 bits per heavy atom. The Bertz CT molecular complexity index is 1030. The fourth-order valence-electron chi connectivity index (χ4n) is 3.46. The van der Waals surface area contributed by atoms with Gasteiger partial charge in [0.05, 0.1) is 27.6 Å². The molecule has 9 nitrogen and oxygen atoms in total. The fourth-order valence-corrected chi connectivity index (χ4v) is 5.01. The number of thioether (sulfide) groups is 1.